The van der Waals surface area contributed by atoms with Crippen LogP contribution in [0.1, 0.15) is 39.5 Å². The Kier molecular flexibility index (Phi) is 5.78. The van der Waals surface area contributed by atoms with Crippen molar-refractivity contribution in [2.75, 3.05) is 7.05 Å². The highest BCUT2D eigenvalue weighted by Gasteiger charge is 2.40. The molecule has 2 heterocycles. The number of ether oxygens (including phenoxy) is 1. The van der Waals surface area contributed by atoms with E-state index in [2.05, 4.69) is 25.8 Å². The molecular weight excluding hydrogens is 342 g/mol. The zero-order chi connectivity index (χ0) is 17.3. The lowest BCUT2D eigenvalue weighted by Crippen LogP contribution is -2.44. The molecule has 0 aliphatic carbocycles. The molecule has 2 unspecified atom stereocenters. The number of rotatable bonds is 5. The van der Waals surface area contributed by atoms with Gasteiger partial charge in [-0.2, -0.15) is 0 Å². The van der Waals surface area contributed by atoms with E-state index < -0.39 is 0 Å². The number of hydrogen-bond donors (Lipinski definition) is 0. The molecule has 2 aliphatic rings. The first-order chi connectivity index (χ1) is 11.4. The molecule has 0 amide bonds. The Morgan fingerprint density at radius 2 is 1.79 bits per heavy atom. The molecule has 0 saturated carbocycles. The van der Waals surface area contributed by atoms with Crippen LogP contribution < -0.4 is 0 Å². The topological polar surface area (TPSA) is 29.5 Å². The fourth-order valence-electron chi connectivity index (χ4n) is 3.81. The van der Waals surface area contributed by atoms with Crippen molar-refractivity contribution in [1.82, 2.24) is 4.90 Å². The molecule has 2 fully saturated rings. The molecule has 0 spiro atoms. The van der Waals surface area contributed by atoms with Gasteiger partial charge in [0.2, 0.25) is 0 Å². The largest absolute Gasteiger partial charge is 0.461 e. The monoisotopic (exact) mass is 367 g/mol. The summed E-state index contributed by atoms with van der Waals surface area (Å²) >= 11 is 7.52. The van der Waals surface area contributed by atoms with Gasteiger partial charge in [-0.25, -0.2) is 0 Å². The van der Waals surface area contributed by atoms with E-state index in [0.29, 0.717) is 17.1 Å². The molecule has 1 aromatic carbocycles. The Hall–Kier alpha value is -0.710. The highest BCUT2D eigenvalue weighted by atomic mass is 35.5. The Morgan fingerprint density at radius 3 is 2.33 bits per heavy atom. The first-order valence-corrected chi connectivity index (χ1v) is 10.0. The van der Waals surface area contributed by atoms with E-state index in [9.17, 15) is 4.79 Å². The Labute approximate surface area is 154 Å². The average Bonchev–Trinajstić information content (AvgIpc) is 2.75. The Morgan fingerprint density at radius 1 is 1.21 bits per heavy atom. The van der Waals surface area contributed by atoms with Crippen molar-refractivity contribution < 1.29 is 9.53 Å². The van der Waals surface area contributed by atoms with Gasteiger partial charge in [0.25, 0.3) is 0 Å². The van der Waals surface area contributed by atoms with Crippen LogP contribution in [0, 0.1) is 5.92 Å². The van der Waals surface area contributed by atoms with E-state index in [1.54, 1.807) is 11.8 Å². The van der Waals surface area contributed by atoms with Crippen LogP contribution in [0.5, 0.6) is 0 Å². The van der Waals surface area contributed by atoms with Gasteiger partial charge in [0, 0.05) is 22.0 Å². The van der Waals surface area contributed by atoms with Crippen LogP contribution in [0.25, 0.3) is 0 Å². The third kappa shape index (κ3) is 4.09. The molecule has 0 N–H and O–H groups in total. The summed E-state index contributed by atoms with van der Waals surface area (Å²) in [4.78, 5) is 16.3. The van der Waals surface area contributed by atoms with Gasteiger partial charge >= 0.3 is 5.97 Å². The summed E-state index contributed by atoms with van der Waals surface area (Å²) in [6.45, 7) is 4.15. The molecule has 3 nitrogen and oxygen atoms in total. The number of hydrogen-bond acceptors (Lipinski definition) is 4. The zero-order valence-electron chi connectivity index (χ0n) is 14.6. The predicted molar refractivity (Wildman–Crippen MR) is 99.6 cm³/mol. The molecule has 0 radical (unpaired) electrons. The lowest BCUT2D eigenvalue weighted by molar-refractivity contribution is -0.152. The lowest BCUT2D eigenvalue weighted by Gasteiger charge is -2.36. The Balaban J connectivity index is 1.61. The van der Waals surface area contributed by atoms with Crippen LogP contribution in [0.4, 0.5) is 0 Å². The second-order valence-corrected chi connectivity index (χ2v) is 8.97. The van der Waals surface area contributed by atoms with Gasteiger partial charge in [-0.1, -0.05) is 25.4 Å². The highest BCUT2D eigenvalue weighted by molar-refractivity contribution is 8.00. The minimum Gasteiger partial charge on any atom is -0.461 e. The van der Waals surface area contributed by atoms with Crippen LogP contribution in [-0.2, 0) is 9.53 Å². The summed E-state index contributed by atoms with van der Waals surface area (Å²) in [6, 6.07) is 8.82. The second-order valence-electron chi connectivity index (χ2n) is 7.32. The van der Waals surface area contributed by atoms with Gasteiger partial charge in [0.1, 0.15) is 11.4 Å². The normalized spacial score (nSPS) is 28.1. The smallest absolute Gasteiger partial charge is 0.319 e. The van der Waals surface area contributed by atoms with Gasteiger partial charge < -0.3 is 9.64 Å². The molecule has 24 heavy (non-hydrogen) atoms. The maximum atomic E-state index is 12.8. The van der Waals surface area contributed by atoms with Crippen molar-refractivity contribution in [2.24, 2.45) is 5.92 Å². The molecule has 1 aromatic rings. The molecule has 3 rings (SSSR count). The van der Waals surface area contributed by atoms with Crippen molar-refractivity contribution in [3.05, 3.63) is 29.3 Å². The standard InChI is InChI=1S/C19H26ClNO2S/c1-12(2)18(24-17-8-4-13(20)5-9-17)19(22)23-16-10-14-6-7-15(11-16)21(14)3/h4-5,8-9,12,14-16,18H,6-7,10-11H2,1-3H3/t14-,15+,16?,18?. The lowest BCUT2D eigenvalue weighted by atomic mass is 10.0. The molecule has 5 heteroatoms. The average molecular weight is 368 g/mol. The molecule has 132 valence electrons. The number of carbonyl (C=O) groups is 1. The number of esters is 1. The second kappa shape index (κ2) is 7.67. The van der Waals surface area contributed by atoms with Gasteiger partial charge in [0.05, 0.1) is 0 Å². The van der Waals surface area contributed by atoms with Crippen molar-refractivity contribution in [3.63, 3.8) is 0 Å². The number of thioether (sulfide) groups is 1. The van der Waals surface area contributed by atoms with Crippen molar-refractivity contribution in [3.8, 4) is 0 Å². The summed E-state index contributed by atoms with van der Waals surface area (Å²) in [5.74, 6) is 0.153. The van der Waals surface area contributed by atoms with E-state index in [1.165, 1.54) is 12.8 Å². The van der Waals surface area contributed by atoms with E-state index in [0.717, 1.165) is 17.7 Å². The zero-order valence-corrected chi connectivity index (χ0v) is 16.1. The third-order valence-electron chi connectivity index (χ3n) is 5.25. The van der Waals surface area contributed by atoms with Crippen molar-refractivity contribution >= 4 is 29.3 Å². The molecule has 4 atom stereocenters. The van der Waals surface area contributed by atoms with Crippen LogP contribution in [-0.4, -0.2) is 41.4 Å². The van der Waals surface area contributed by atoms with Crippen molar-refractivity contribution in [2.45, 2.75) is 67.9 Å². The predicted octanol–water partition coefficient (Wildman–Crippen LogP) is 4.63. The van der Waals surface area contributed by atoms with Crippen LogP contribution in [0.15, 0.2) is 29.2 Å². The summed E-state index contributed by atoms with van der Waals surface area (Å²) in [5.41, 5.74) is 0. The van der Waals surface area contributed by atoms with E-state index in [-0.39, 0.29) is 23.2 Å². The molecule has 0 aromatic heterocycles. The molecule has 2 bridgehead atoms. The minimum absolute atomic E-state index is 0.0705. The molecule has 2 saturated heterocycles. The summed E-state index contributed by atoms with van der Waals surface area (Å²) in [5, 5.41) is 0.535. The first-order valence-electron chi connectivity index (χ1n) is 8.78. The number of piperidine rings is 1. The van der Waals surface area contributed by atoms with Gasteiger partial charge in [-0.05, 0) is 62.9 Å². The first kappa shape index (κ1) is 18.1. The maximum absolute atomic E-state index is 12.8. The van der Waals surface area contributed by atoms with Gasteiger partial charge in [-0.3, -0.25) is 4.79 Å². The molecule has 2 aliphatic heterocycles. The van der Waals surface area contributed by atoms with Crippen LogP contribution in [0.2, 0.25) is 5.02 Å². The van der Waals surface area contributed by atoms with E-state index >= 15 is 0 Å². The SMILES string of the molecule is CC(C)C(Sc1ccc(Cl)cc1)C(=O)OC1C[C@H]2CC[C@@H](C1)N2C. The maximum Gasteiger partial charge on any atom is 0.319 e. The molecular formula is C19H26ClNO2S. The number of nitrogens with zero attached hydrogens (tertiary/aromatic N) is 1. The van der Waals surface area contributed by atoms with Crippen LogP contribution in [0.3, 0.4) is 0 Å². The number of halogens is 1. The summed E-state index contributed by atoms with van der Waals surface area (Å²) < 4.78 is 5.93. The van der Waals surface area contributed by atoms with Crippen LogP contribution >= 0.6 is 23.4 Å². The third-order valence-corrected chi connectivity index (χ3v) is 7.04. The Bertz CT molecular complexity index is 563. The quantitative estimate of drug-likeness (QED) is 0.560. The van der Waals surface area contributed by atoms with Gasteiger partial charge in [-0.15, -0.1) is 11.8 Å². The number of benzene rings is 1. The minimum atomic E-state index is -0.177. The highest BCUT2D eigenvalue weighted by Crippen LogP contribution is 2.37. The number of fused-ring (bicyclic) bond motifs is 2. The van der Waals surface area contributed by atoms with E-state index in [1.807, 2.05) is 24.3 Å². The summed E-state index contributed by atoms with van der Waals surface area (Å²) in [7, 11) is 2.20. The summed E-state index contributed by atoms with van der Waals surface area (Å²) in [6.07, 6.45) is 4.52. The fourth-order valence-corrected chi connectivity index (χ4v) is 4.94. The van der Waals surface area contributed by atoms with Gasteiger partial charge in [0.15, 0.2) is 0 Å². The fraction of sp³-hybridized carbons (Fsp3) is 0.632. The van der Waals surface area contributed by atoms with E-state index in [4.69, 9.17) is 16.3 Å². The number of carbonyl (C=O) groups excluding carboxylic acids is 1. The van der Waals surface area contributed by atoms with Crippen molar-refractivity contribution in [1.29, 1.82) is 0 Å².